The zero-order valence-electron chi connectivity index (χ0n) is 13.9. The molecule has 1 unspecified atom stereocenters. The van der Waals surface area contributed by atoms with Gasteiger partial charge in [-0.25, -0.2) is 8.60 Å². The van der Waals surface area contributed by atoms with E-state index in [9.17, 15) is 13.4 Å². The number of carbonyl (C=O) groups is 1. The molecule has 1 aliphatic rings. The Bertz CT molecular complexity index is 1040. The number of halogens is 2. The van der Waals surface area contributed by atoms with Gasteiger partial charge in [0.05, 0.1) is 22.4 Å². The number of benzene rings is 2. The van der Waals surface area contributed by atoms with Gasteiger partial charge in [0.2, 0.25) is 11.2 Å². The molecule has 0 fully saturated rings. The summed E-state index contributed by atoms with van der Waals surface area (Å²) >= 11 is 3.92. The molecule has 9 heteroatoms. The topological polar surface area (TPSA) is 85.6 Å². The minimum Gasteiger partial charge on any atom is -0.321 e. The van der Waals surface area contributed by atoms with Crippen LogP contribution in [-0.4, -0.2) is 27.2 Å². The molecule has 0 saturated carbocycles. The van der Waals surface area contributed by atoms with E-state index < -0.39 is 22.9 Å². The molecule has 1 atom stereocenters. The summed E-state index contributed by atoms with van der Waals surface area (Å²) in [6.07, 6.45) is 1.49. The van der Waals surface area contributed by atoms with Crippen molar-refractivity contribution in [3.8, 4) is 6.07 Å². The second kappa shape index (κ2) is 7.70. The van der Waals surface area contributed by atoms with Gasteiger partial charge in [-0.15, -0.1) is 0 Å². The van der Waals surface area contributed by atoms with Crippen LogP contribution in [0.15, 0.2) is 58.6 Å². The van der Waals surface area contributed by atoms with Gasteiger partial charge in [-0.3, -0.25) is 9.10 Å². The fourth-order valence-electron chi connectivity index (χ4n) is 2.31. The van der Waals surface area contributed by atoms with Gasteiger partial charge in [0.25, 0.3) is 5.91 Å². The van der Waals surface area contributed by atoms with E-state index in [-0.39, 0.29) is 10.7 Å². The van der Waals surface area contributed by atoms with Crippen LogP contribution in [0.4, 0.5) is 10.1 Å². The number of likely N-dealkylation sites (N-methyl/N-ethyl adjacent to an activating group) is 1. The highest BCUT2D eigenvalue weighted by atomic mass is 35.5. The Morgan fingerprint density at radius 1 is 1.30 bits per heavy atom. The monoisotopic (exact) mass is 402 g/mol. The van der Waals surface area contributed by atoms with Gasteiger partial charge in [0.1, 0.15) is 11.5 Å². The van der Waals surface area contributed by atoms with Crippen LogP contribution in [0.5, 0.6) is 0 Å². The first-order chi connectivity index (χ1) is 12.9. The third-order valence-corrected chi connectivity index (χ3v) is 5.05. The van der Waals surface area contributed by atoms with Crippen molar-refractivity contribution >= 4 is 40.1 Å². The summed E-state index contributed by atoms with van der Waals surface area (Å²) in [6.45, 7) is 0. The number of nitrogens with one attached hydrogen (secondary N) is 1. The first-order valence-corrected chi connectivity index (χ1v) is 9.06. The SMILES string of the molecule is CN1C(C(=O)Nc2ccc(F)c(Cl)c2)=CC(c2ccc(C#N)cc2)=NS1=O. The summed E-state index contributed by atoms with van der Waals surface area (Å²) < 4.78 is 30.8. The molecular weight excluding hydrogens is 391 g/mol. The quantitative estimate of drug-likeness (QED) is 0.855. The van der Waals surface area contributed by atoms with E-state index in [1.807, 2.05) is 6.07 Å². The third kappa shape index (κ3) is 4.05. The fraction of sp³-hybridized carbons (Fsp3) is 0.0556. The maximum Gasteiger partial charge on any atom is 0.272 e. The lowest BCUT2D eigenvalue weighted by molar-refractivity contribution is -0.113. The third-order valence-electron chi connectivity index (χ3n) is 3.74. The van der Waals surface area contributed by atoms with Crippen LogP contribution in [0.2, 0.25) is 5.02 Å². The Morgan fingerprint density at radius 2 is 2.00 bits per heavy atom. The van der Waals surface area contributed by atoms with E-state index >= 15 is 0 Å². The molecule has 6 nitrogen and oxygen atoms in total. The van der Waals surface area contributed by atoms with Crippen molar-refractivity contribution in [2.45, 2.75) is 0 Å². The maximum absolute atomic E-state index is 13.3. The smallest absolute Gasteiger partial charge is 0.272 e. The van der Waals surface area contributed by atoms with Gasteiger partial charge in [0.15, 0.2) is 0 Å². The van der Waals surface area contributed by atoms with Crippen molar-refractivity contribution in [1.29, 1.82) is 5.26 Å². The van der Waals surface area contributed by atoms with Crippen molar-refractivity contribution in [2.75, 3.05) is 12.4 Å². The van der Waals surface area contributed by atoms with Gasteiger partial charge >= 0.3 is 0 Å². The van der Waals surface area contributed by atoms with Crippen molar-refractivity contribution in [3.05, 3.63) is 76.2 Å². The van der Waals surface area contributed by atoms with Crippen LogP contribution in [0.25, 0.3) is 0 Å². The molecule has 0 saturated heterocycles. The second-order valence-corrected chi connectivity index (χ2v) is 7.11. The molecule has 1 aliphatic heterocycles. The number of rotatable bonds is 3. The lowest BCUT2D eigenvalue weighted by Gasteiger charge is -2.22. The van der Waals surface area contributed by atoms with Gasteiger partial charge in [-0.1, -0.05) is 23.7 Å². The Hall–Kier alpha value is -3.02. The molecule has 2 aromatic rings. The lowest BCUT2D eigenvalue weighted by atomic mass is 10.1. The van der Waals surface area contributed by atoms with Gasteiger partial charge in [-0.2, -0.15) is 9.66 Å². The minimum atomic E-state index is -1.80. The first-order valence-electron chi connectivity index (χ1n) is 7.62. The van der Waals surface area contributed by atoms with E-state index in [4.69, 9.17) is 16.9 Å². The predicted octanol–water partition coefficient (Wildman–Crippen LogP) is 3.19. The van der Waals surface area contributed by atoms with E-state index in [0.29, 0.717) is 22.5 Å². The van der Waals surface area contributed by atoms with Crippen molar-refractivity contribution in [1.82, 2.24) is 4.31 Å². The number of hydrogen-bond donors (Lipinski definition) is 1. The highest BCUT2D eigenvalue weighted by molar-refractivity contribution is 7.81. The summed E-state index contributed by atoms with van der Waals surface area (Å²) in [4.78, 5) is 12.6. The molecule has 0 radical (unpaired) electrons. The van der Waals surface area contributed by atoms with Crippen LogP contribution in [0.1, 0.15) is 11.1 Å². The van der Waals surface area contributed by atoms with Crippen LogP contribution < -0.4 is 5.32 Å². The van der Waals surface area contributed by atoms with Crippen LogP contribution in [-0.2, 0) is 16.0 Å². The molecule has 0 spiro atoms. The van der Waals surface area contributed by atoms with E-state index in [2.05, 4.69) is 9.71 Å². The van der Waals surface area contributed by atoms with Crippen molar-refractivity contribution < 1.29 is 13.4 Å². The Kier molecular flexibility index (Phi) is 5.35. The number of amides is 1. The van der Waals surface area contributed by atoms with Crippen LogP contribution in [0.3, 0.4) is 0 Å². The number of carbonyl (C=O) groups excluding carboxylic acids is 1. The summed E-state index contributed by atoms with van der Waals surface area (Å²) in [6, 6.07) is 12.3. The molecule has 0 bridgehead atoms. The summed E-state index contributed by atoms with van der Waals surface area (Å²) in [5, 5.41) is 11.3. The summed E-state index contributed by atoms with van der Waals surface area (Å²) in [5.74, 6) is -1.14. The fourth-order valence-corrected chi connectivity index (χ4v) is 3.24. The van der Waals surface area contributed by atoms with Gasteiger partial charge < -0.3 is 5.32 Å². The Balaban J connectivity index is 1.89. The molecular formula is C18H12ClFN4O2S. The maximum atomic E-state index is 13.3. The molecule has 0 aromatic heterocycles. The normalized spacial score (nSPS) is 16.2. The Labute approximate surface area is 162 Å². The lowest BCUT2D eigenvalue weighted by Crippen LogP contribution is -2.32. The molecule has 1 heterocycles. The number of anilines is 1. The zero-order valence-corrected chi connectivity index (χ0v) is 15.5. The molecule has 3 rings (SSSR count). The number of nitriles is 1. The minimum absolute atomic E-state index is 0.114. The van der Waals surface area contributed by atoms with E-state index in [0.717, 1.165) is 6.07 Å². The molecule has 1 N–H and O–H groups in total. The zero-order chi connectivity index (χ0) is 19.6. The first kappa shape index (κ1) is 18.8. The van der Waals surface area contributed by atoms with Crippen molar-refractivity contribution in [3.63, 3.8) is 0 Å². The van der Waals surface area contributed by atoms with E-state index in [1.54, 1.807) is 24.3 Å². The summed E-state index contributed by atoms with van der Waals surface area (Å²) in [7, 11) is 1.47. The average molecular weight is 403 g/mol. The Morgan fingerprint density at radius 3 is 2.63 bits per heavy atom. The highest BCUT2D eigenvalue weighted by Gasteiger charge is 2.25. The van der Waals surface area contributed by atoms with Gasteiger partial charge in [-0.05, 0) is 36.4 Å². The predicted molar refractivity (Wildman–Crippen MR) is 102 cm³/mol. The highest BCUT2D eigenvalue weighted by Crippen LogP contribution is 2.22. The molecule has 27 heavy (non-hydrogen) atoms. The number of allylic oxidation sites excluding steroid dienone is 1. The molecule has 0 aliphatic carbocycles. The van der Waals surface area contributed by atoms with Crippen molar-refractivity contribution in [2.24, 2.45) is 4.40 Å². The average Bonchev–Trinajstić information content (AvgIpc) is 2.66. The van der Waals surface area contributed by atoms with Crippen LogP contribution in [0, 0.1) is 17.1 Å². The molecule has 2 aromatic carbocycles. The number of nitrogens with zero attached hydrogens (tertiary/aromatic N) is 3. The standard InChI is InChI=1S/C18H12ClFN4O2S/c1-24-17(18(25)22-13-6-7-15(20)14(19)8-13)9-16(23-27(24)26)12-4-2-11(10-21)3-5-12/h2-9H,1H3,(H,22,25). The molecule has 1 amide bonds. The van der Waals surface area contributed by atoms with Gasteiger partial charge in [0, 0.05) is 18.3 Å². The largest absolute Gasteiger partial charge is 0.321 e. The van der Waals surface area contributed by atoms with Crippen LogP contribution >= 0.6 is 11.6 Å². The molecule has 136 valence electrons. The summed E-state index contributed by atoms with van der Waals surface area (Å²) in [5.41, 5.74) is 1.85. The number of hydrogen-bond acceptors (Lipinski definition) is 3. The van der Waals surface area contributed by atoms with E-state index in [1.165, 1.54) is 29.6 Å². The second-order valence-electron chi connectivity index (χ2n) is 5.51.